The number of fused-ring (bicyclic) bond motifs is 5. The molecule has 1 amide bonds. The lowest BCUT2D eigenvalue weighted by atomic mass is 9.46. The monoisotopic (exact) mass is 378 g/mol. The Bertz CT molecular complexity index is 787. The Morgan fingerprint density at radius 1 is 1.14 bits per heavy atom. The molecular weight excluding hydrogens is 344 g/mol. The maximum Gasteiger partial charge on any atom is 0.220 e. The van der Waals surface area contributed by atoms with Crippen molar-refractivity contribution >= 4 is 11.5 Å². The summed E-state index contributed by atoms with van der Waals surface area (Å²) < 4.78 is 0. The van der Waals surface area contributed by atoms with Gasteiger partial charge in [0.15, 0.2) is 0 Å². The third-order valence-corrected chi connectivity index (χ3v) is 9.28. The van der Waals surface area contributed by atoms with Crippen molar-refractivity contribution in [1.82, 2.24) is 10.3 Å². The fraction of sp³-hybridized carbons (Fsp3) is 0.680. The van der Waals surface area contributed by atoms with E-state index in [1.165, 1.54) is 44.1 Å². The molecule has 5 rings (SSSR count). The molecule has 3 nitrogen and oxygen atoms in total. The Kier molecular flexibility index (Phi) is 4.41. The van der Waals surface area contributed by atoms with Gasteiger partial charge in [0.2, 0.25) is 5.91 Å². The first-order chi connectivity index (χ1) is 13.5. The van der Waals surface area contributed by atoms with Crippen LogP contribution in [0.25, 0.3) is 5.57 Å². The van der Waals surface area contributed by atoms with Crippen molar-refractivity contribution in [3.05, 3.63) is 36.2 Å². The molecule has 6 atom stereocenters. The van der Waals surface area contributed by atoms with Crippen LogP contribution < -0.4 is 5.32 Å². The number of nitrogens with one attached hydrogen (secondary N) is 1. The zero-order valence-electron chi connectivity index (χ0n) is 17.4. The van der Waals surface area contributed by atoms with E-state index in [1.54, 1.807) is 5.57 Å². The molecule has 4 aliphatic rings. The average molecular weight is 379 g/mol. The molecule has 1 aromatic rings. The molecule has 0 spiro atoms. The fourth-order valence-electron chi connectivity index (χ4n) is 7.75. The molecule has 3 heteroatoms. The molecule has 1 N–H and O–H groups in total. The predicted octanol–water partition coefficient (Wildman–Crippen LogP) is 5.23. The van der Waals surface area contributed by atoms with E-state index >= 15 is 0 Å². The third kappa shape index (κ3) is 2.69. The maximum absolute atomic E-state index is 11.9. The number of nitrogens with zero attached hydrogens (tertiary/aromatic N) is 1. The van der Waals surface area contributed by atoms with E-state index in [4.69, 9.17) is 0 Å². The van der Waals surface area contributed by atoms with Crippen LogP contribution in [0.1, 0.15) is 70.8 Å². The van der Waals surface area contributed by atoms with Crippen LogP contribution in [0.5, 0.6) is 0 Å². The van der Waals surface area contributed by atoms with E-state index in [1.807, 2.05) is 6.20 Å². The van der Waals surface area contributed by atoms with Crippen molar-refractivity contribution < 1.29 is 4.79 Å². The Morgan fingerprint density at radius 2 is 2.04 bits per heavy atom. The van der Waals surface area contributed by atoms with Gasteiger partial charge < -0.3 is 5.32 Å². The van der Waals surface area contributed by atoms with Gasteiger partial charge in [0.25, 0.3) is 0 Å². The number of amides is 1. The normalized spacial score (nSPS) is 42.9. The summed E-state index contributed by atoms with van der Waals surface area (Å²) in [6.07, 6.45) is 16.0. The Balaban J connectivity index is 1.42. The molecule has 3 aliphatic carbocycles. The number of aromatic nitrogens is 1. The van der Waals surface area contributed by atoms with Crippen molar-refractivity contribution in [2.75, 3.05) is 6.54 Å². The summed E-state index contributed by atoms with van der Waals surface area (Å²) >= 11 is 0. The minimum atomic E-state index is 0.265. The highest BCUT2D eigenvalue weighted by Gasteiger charge is 2.57. The zero-order chi connectivity index (χ0) is 19.4. The summed E-state index contributed by atoms with van der Waals surface area (Å²) in [7, 11) is 0. The van der Waals surface area contributed by atoms with Crippen molar-refractivity contribution in [3.8, 4) is 0 Å². The lowest BCUT2D eigenvalue weighted by Gasteiger charge is -2.59. The van der Waals surface area contributed by atoms with Crippen LogP contribution in [0.4, 0.5) is 0 Å². The molecule has 150 valence electrons. The minimum Gasteiger partial charge on any atom is -0.356 e. The summed E-state index contributed by atoms with van der Waals surface area (Å²) in [5.41, 5.74) is 3.60. The van der Waals surface area contributed by atoms with Gasteiger partial charge >= 0.3 is 0 Å². The number of rotatable bonds is 1. The van der Waals surface area contributed by atoms with Crippen LogP contribution in [0.15, 0.2) is 30.6 Å². The number of allylic oxidation sites excluding steroid dienone is 2. The van der Waals surface area contributed by atoms with Gasteiger partial charge in [0.1, 0.15) is 0 Å². The molecule has 1 saturated heterocycles. The predicted molar refractivity (Wildman–Crippen MR) is 112 cm³/mol. The molecule has 3 fully saturated rings. The average Bonchev–Trinajstić information content (AvgIpc) is 3.04. The van der Waals surface area contributed by atoms with Gasteiger partial charge in [-0.1, -0.05) is 26.0 Å². The van der Waals surface area contributed by atoms with Crippen molar-refractivity contribution in [2.45, 2.75) is 65.2 Å². The van der Waals surface area contributed by atoms with Gasteiger partial charge in [0, 0.05) is 25.4 Å². The second-order valence-corrected chi connectivity index (χ2v) is 10.4. The first-order valence-electron chi connectivity index (χ1n) is 11.4. The Morgan fingerprint density at radius 3 is 2.86 bits per heavy atom. The first-order valence-corrected chi connectivity index (χ1v) is 11.4. The fourth-order valence-corrected chi connectivity index (χ4v) is 7.75. The topological polar surface area (TPSA) is 42.0 Å². The van der Waals surface area contributed by atoms with E-state index in [2.05, 4.69) is 48.6 Å². The van der Waals surface area contributed by atoms with E-state index < -0.39 is 0 Å². The molecule has 2 saturated carbocycles. The highest BCUT2D eigenvalue weighted by Crippen LogP contribution is 2.66. The summed E-state index contributed by atoms with van der Waals surface area (Å²) in [5, 5.41) is 3.23. The van der Waals surface area contributed by atoms with Gasteiger partial charge in [-0.3, -0.25) is 9.78 Å². The van der Waals surface area contributed by atoms with E-state index in [0.717, 1.165) is 30.7 Å². The van der Waals surface area contributed by atoms with E-state index in [9.17, 15) is 4.79 Å². The lowest BCUT2D eigenvalue weighted by molar-refractivity contribution is -0.125. The largest absolute Gasteiger partial charge is 0.356 e. The van der Waals surface area contributed by atoms with Crippen LogP contribution in [0, 0.1) is 34.5 Å². The van der Waals surface area contributed by atoms with Crippen LogP contribution in [-0.4, -0.2) is 17.4 Å². The van der Waals surface area contributed by atoms with E-state index in [0.29, 0.717) is 23.2 Å². The van der Waals surface area contributed by atoms with Crippen molar-refractivity contribution in [1.29, 1.82) is 0 Å². The molecule has 0 bridgehead atoms. The molecule has 0 radical (unpaired) electrons. The smallest absolute Gasteiger partial charge is 0.220 e. The Labute approximate surface area is 169 Å². The van der Waals surface area contributed by atoms with Crippen LogP contribution in [0.2, 0.25) is 0 Å². The van der Waals surface area contributed by atoms with Crippen molar-refractivity contribution in [2.24, 2.45) is 34.5 Å². The third-order valence-electron chi connectivity index (χ3n) is 9.28. The summed E-state index contributed by atoms with van der Waals surface area (Å²) in [6, 6.07) is 4.32. The molecule has 2 heterocycles. The number of pyridine rings is 1. The van der Waals surface area contributed by atoms with Crippen LogP contribution in [-0.2, 0) is 4.79 Å². The first kappa shape index (κ1) is 18.4. The summed E-state index contributed by atoms with van der Waals surface area (Å²) in [5.74, 6) is 3.36. The molecule has 5 unspecified atom stereocenters. The molecule has 0 aromatic carbocycles. The quantitative estimate of drug-likeness (QED) is 0.727. The maximum atomic E-state index is 11.9. The Hall–Kier alpha value is -1.64. The molecule has 1 aliphatic heterocycles. The molecular formula is C25H34N2O. The van der Waals surface area contributed by atoms with Gasteiger partial charge in [-0.2, -0.15) is 0 Å². The number of carbonyl (C=O) groups excluding carboxylic acids is 1. The second kappa shape index (κ2) is 6.71. The van der Waals surface area contributed by atoms with Crippen molar-refractivity contribution in [3.63, 3.8) is 0 Å². The van der Waals surface area contributed by atoms with Crippen LogP contribution >= 0.6 is 0 Å². The number of hydrogen-bond acceptors (Lipinski definition) is 2. The van der Waals surface area contributed by atoms with Crippen LogP contribution in [0.3, 0.4) is 0 Å². The standard InChI is InChI=1S/C25H34N2O/c1-24-12-3-6-23(28)27-16-18(24)7-8-19-21-10-9-20(17-5-4-14-26-15-17)25(21,2)13-11-22(19)24/h4-5,9,14-15,18-19,21-22H,3,6-8,10-13,16H2,1-2H3,(H,27,28)/t18?,19?,21?,22?,24-,25?/m1/s1. The highest BCUT2D eigenvalue weighted by atomic mass is 16.1. The number of carbonyl (C=O) groups is 1. The molecule has 28 heavy (non-hydrogen) atoms. The number of hydrogen-bond donors (Lipinski definition) is 1. The van der Waals surface area contributed by atoms with Gasteiger partial charge in [0.05, 0.1) is 0 Å². The summed E-state index contributed by atoms with van der Waals surface area (Å²) in [6.45, 7) is 6.01. The van der Waals surface area contributed by atoms with Gasteiger partial charge in [-0.15, -0.1) is 0 Å². The zero-order valence-corrected chi connectivity index (χ0v) is 17.4. The summed E-state index contributed by atoms with van der Waals surface area (Å²) in [4.78, 5) is 16.3. The second-order valence-electron chi connectivity index (χ2n) is 10.4. The van der Waals surface area contributed by atoms with Gasteiger partial charge in [-0.25, -0.2) is 0 Å². The molecule has 1 aromatic heterocycles. The van der Waals surface area contributed by atoms with E-state index in [-0.39, 0.29) is 5.91 Å². The highest BCUT2D eigenvalue weighted by molar-refractivity contribution is 5.76. The van der Waals surface area contributed by atoms with Gasteiger partial charge in [-0.05, 0) is 96.7 Å². The SMILES string of the molecule is CC12CCC3C(CCC4CNC(=O)CCC[C@]43C)C1CC=C2c1cccnc1. The minimum absolute atomic E-state index is 0.265. The lowest BCUT2D eigenvalue weighted by Crippen LogP contribution is -2.54.